The quantitative estimate of drug-likeness (QED) is 0.217. The molecule has 1 aliphatic rings. The second kappa shape index (κ2) is 8.32. The predicted octanol–water partition coefficient (Wildman–Crippen LogP) is 10.4. The summed E-state index contributed by atoms with van der Waals surface area (Å²) >= 11 is 1.87. The van der Waals surface area contributed by atoms with Crippen molar-refractivity contribution in [1.29, 1.82) is 0 Å². The molecule has 6 aromatic carbocycles. The van der Waals surface area contributed by atoms with Gasteiger partial charge in [-0.25, -0.2) is 0 Å². The van der Waals surface area contributed by atoms with Gasteiger partial charge in [-0.3, -0.25) is 0 Å². The molecule has 0 N–H and O–H groups in total. The van der Waals surface area contributed by atoms with Gasteiger partial charge in [-0.05, 0) is 76.9 Å². The van der Waals surface area contributed by atoms with Crippen LogP contribution >= 0.6 is 11.3 Å². The van der Waals surface area contributed by atoms with Crippen LogP contribution < -0.4 is 4.74 Å². The summed E-state index contributed by atoms with van der Waals surface area (Å²) in [6.45, 7) is 0.604. The van der Waals surface area contributed by atoms with Crippen LogP contribution in [0.2, 0.25) is 0 Å². The molecular formula is C37H23NOS. The van der Waals surface area contributed by atoms with E-state index in [2.05, 4.69) is 126 Å². The van der Waals surface area contributed by atoms with Crippen molar-refractivity contribution in [1.82, 2.24) is 4.57 Å². The number of fused-ring (bicyclic) bond motifs is 9. The molecular weight excluding hydrogens is 506 g/mol. The Hall–Kier alpha value is -4.86. The Morgan fingerprint density at radius 1 is 0.525 bits per heavy atom. The third-order valence-corrected chi connectivity index (χ3v) is 9.45. The van der Waals surface area contributed by atoms with Gasteiger partial charge in [-0.15, -0.1) is 11.3 Å². The maximum atomic E-state index is 6.02. The van der Waals surface area contributed by atoms with E-state index in [1.165, 1.54) is 69.9 Å². The van der Waals surface area contributed by atoms with Crippen molar-refractivity contribution < 1.29 is 4.74 Å². The first-order chi connectivity index (χ1) is 19.8. The lowest BCUT2D eigenvalue weighted by Crippen LogP contribution is -2.06. The van der Waals surface area contributed by atoms with Crippen LogP contribution in [0.4, 0.5) is 0 Å². The first kappa shape index (κ1) is 22.0. The Kier molecular flexibility index (Phi) is 4.58. The van der Waals surface area contributed by atoms with Crippen molar-refractivity contribution in [3.63, 3.8) is 0 Å². The van der Waals surface area contributed by atoms with Crippen LogP contribution in [0.3, 0.4) is 0 Å². The van der Waals surface area contributed by atoms with E-state index in [0.29, 0.717) is 6.61 Å². The molecule has 0 saturated heterocycles. The Morgan fingerprint density at radius 2 is 1.25 bits per heavy atom. The lowest BCUT2D eigenvalue weighted by molar-refractivity contribution is 0.302. The highest BCUT2D eigenvalue weighted by Gasteiger charge is 2.19. The molecule has 9 rings (SSSR count). The van der Waals surface area contributed by atoms with Crippen LogP contribution in [0.15, 0.2) is 127 Å². The molecule has 0 amide bonds. The minimum absolute atomic E-state index is 0.604. The highest BCUT2D eigenvalue weighted by Crippen LogP contribution is 2.41. The average molecular weight is 530 g/mol. The summed E-state index contributed by atoms with van der Waals surface area (Å²) in [6, 6.07) is 46.4. The van der Waals surface area contributed by atoms with E-state index in [9.17, 15) is 0 Å². The lowest BCUT2D eigenvalue weighted by atomic mass is 9.96. The Balaban J connectivity index is 1.25. The third-order valence-electron chi connectivity index (χ3n) is 8.29. The van der Waals surface area contributed by atoms with Crippen molar-refractivity contribution in [3.05, 3.63) is 133 Å². The van der Waals surface area contributed by atoms with E-state index < -0.39 is 0 Å². The normalized spacial score (nSPS) is 12.6. The molecule has 0 radical (unpaired) electrons. The number of ether oxygens (including phenoxy) is 1. The van der Waals surface area contributed by atoms with Crippen molar-refractivity contribution in [2.24, 2.45) is 0 Å². The van der Waals surface area contributed by atoms with Crippen LogP contribution in [-0.4, -0.2) is 4.57 Å². The molecule has 1 aliphatic heterocycles. The third kappa shape index (κ3) is 3.16. The fourth-order valence-electron chi connectivity index (χ4n) is 6.39. The fraction of sp³-hybridized carbons (Fsp3) is 0.0270. The molecule has 8 aromatic rings. The van der Waals surface area contributed by atoms with E-state index in [-0.39, 0.29) is 0 Å². The number of nitrogens with zero attached hydrogens (tertiary/aromatic N) is 1. The zero-order chi connectivity index (χ0) is 26.2. The van der Waals surface area contributed by atoms with Gasteiger partial charge in [0.25, 0.3) is 0 Å². The zero-order valence-electron chi connectivity index (χ0n) is 21.6. The van der Waals surface area contributed by atoms with Crippen molar-refractivity contribution >= 4 is 53.3 Å². The molecule has 0 fully saturated rings. The molecule has 0 atom stereocenters. The Bertz CT molecular complexity index is 2290. The number of benzene rings is 6. The largest absolute Gasteiger partial charge is 0.488 e. The Morgan fingerprint density at radius 3 is 2.20 bits per heavy atom. The highest BCUT2D eigenvalue weighted by atomic mass is 32.1. The first-order valence-corrected chi connectivity index (χ1v) is 14.4. The van der Waals surface area contributed by atoms with E-state index in [0.717, 1.165) is 11.3 Å². The second-order valence-corrected chi connectivity index (χ2v) is 11.6. The fourth-order valence-corrected chi connectivity index (χ4v) is 7.47. The molecule has 3 heteroatoms. The molecule has 3 heterocycles. The van der Waals surface area contributed by atoms with Gasteiger partial charge in [0, 0.05) is 42.2 Å². The predicted molar refractivity (Wildman–Crippen MR) is 169 cm³/mol. The molecule has 2 aromatic heterocycles. The zero-order valence-corrected chi connectivity index (χ0v) is 22.4. The number of hydrogen-bond acceptors (Lipinski definition) is 2. The summed E-state index contributed by atoms with van der Waals surface area (Å²) < 4.78 is 11.1. The number of hydrogen-bond donors (Lipinski definition) is 0. The molecule has 0 spiro atoms. The van der Waals surface area contributed by atoms with Gasteiger partial charge >= 0.3 is 0 Å². The number of aromatic nitrogens is 1. The summed E-state index contributed by atoms with van der Waals surface area (Å²) in [4.78, 5) is 0. The van der Waals surface area contributed by atoms with E-state index in [4.69, 9.17) is 4.74 Å². The van der Waals surface area contributed by atoms with Crippen molar-refractivity contribution in [3.8, 4) is 33.7 Å². The monoisotopic (exact) mass is 529 g/mol. The molecule has 188 valence electrons. The molecule has 0 saturated carbocycles. The summed E-state index contributed by atoms with van der Waals surface area (Å²) in [5.74, 6) is 0.953. The first-order valence-electron chi connectivity index (χ1n) is 13.6. The van der Waals surface area contributed by atoms with E-state index >= 15 is 0 Å². The number of thiophene rings is 1. The van der Waals surface area contributed by atoms with E-state index in [1.807, 2.05) is 17.4 Å². The smallest absolute Gasteiger partial charge is 0.127 e. The molecule has 40 heavy (non-hydrogen) atoms. The van der Waals surface area contributed by atoms with Crippen LogP contribution in [0.1, 0.15) is 5.56 Å². The van der Waals surface area contributed by atoms with Gasteiger partial charge in [0.15, 0.2) is 0 Å². The highest BCUT2D eigenvalue weighted by molar-refractivity contribution is 7.25. The summed E-state index contributed by atoms with van der Waals surface area (Å²) in [6.07, 6.45) is 0. The van der Waals surface area contributed by atoms with Crippen molar-refractivity contribution in [2.75, 3.05) is 0 Å². The summed E-state index contributed by atoms with van der Waals surface area (Å²) in [5.41, 5.74) is 9.72. The van der Waals surface area contributed by atoms with Crippen LogP contribution in [0, 0.1) is 0 Å². The van der Waals surface area contributed by atoms with Gasteiger partial charge in [-0.2, -0.15) is 0 Å². The Labute approximate surface area is 235 Å². The van der Waals surface area contributed by atoms with Crippen LogP contribution in [-0.2, 0) is 6.61 Å². The minimum atomic E-state index is 0.604. The van der Waals surface area contributed by atoms with Crippen LogP contribution in [0.5, 0.6) is 5.75 Å². The molecule has 2 nitrogen and oxygen atoms in total. The number of para-hydroxylation sites is 2. The maximum absolute atomic E-state index is 6.02. The summed E-state index contributed by atoms with van der Waals surface area (Å²) in [5, 5.41) is 5.20. The topological polar surface area (TPSA) is 14.2 Å². The average Bonchev–Trinajstić information content (AvgIpc) is 3.56. The van der Waals surface area contributed by atoms with Gasteiger partial charge in [0.1, 0.15) is 12.4 Å². The van der Waals surface area contributed by atoms with Gasteiger partial charge in [-0.1, -0.05) is 72.8 Å². The standard InChI is InChI=1S/C37H23NOS/c1-4-10-33-27(7-1)31-19-23(24-15-18-37-32(20-24)29-9-3-6-12-36(29)40-37)14-17-34(31)38(33)26-16-13-25-22-39-35-11-5-2-8-28(35)30(25)21-26/h1-21H,22H2. The van der Waals surface area contributed by atoms with Crippen molar-refractivity contribution in [2.45, 2.75) is 6.61 Å². The molecule has 0 bridgehead atoms. The minimum Gasteiger partial charge on any atom is -0.488 e. The lowest BCUT2D eigenvalue weighted by Gasteiger charge is -2.22. The molecule has 0 aliphatic carbocycles. The van der Waals surface area contributed by atoms with Gasteiger partial charge in [0.2, 0.25) is 0 Å². The maximum Gasteiger partial charge on any atom is 0.127 e. The summed E-state index contributed by atoms with van der Waals surface area (Å²) in [7, 11) is 0. The SMILES string of the molecule is c1ccc2c(c1)OCc1ccc(-n3c4ccccc4c4cc(-c5ccc6sc7ccccc7c6c5)ccc43)cc1-2. The molecule has 0 unspecified atom stereocenters. The van der Waals surface area contributed by atoms with Gasteiger partial charge in [0.05, 0.1) is 11.0 Å². The van der Waals surface area contributed by atoms with Gasteiger partial charge < -0.3 is 9.30 Å². The van der Waals surface area contributed by atoms with E-state index in [1.54, 1.807) is 0 Å². The van der Waals surface area contributed by atoms with Crippen LogP contribution in [0.25, 0.3) is 69.9 Å². The number of rotatable bonds is 2. The second-order valence-electron chi connectivity index (χ2n) is 10.5.